The lowest BCUT2D eigenvalue weighted by Gasteiger charge is -2.17. The lowest BCUT2D eigenvalue weighted by Crippen LogP contribution is -2.31. The van der Waals surface area contributed by atoms with Gasteiger partial charge in [-0.25, -0.2) is 4.79 Å². The number of aromatic carboxylic acids is 1. The van der Waals surface area contributed by atoms with Gasteiger partial charge in [0.1, 0.15) is 16.7 Å². The van der Waals surface area contributed by atoms with E-state index in [2.05, 4.69) is 10.2 Å². The number of carbonyl (C=O) groups excluding carboxylic acids is 2. The second kappa shape index (κ2) is 14.6. The number of thioether (sulfide) groups is 1. The predicted octanol–water partition coefficient (Wildman–Crippen LogP) is 7.06. The number of likely N-dealkylation sites (tertiary alicyclic amines) is 1. The van der Waals surface area contributed by atoms with E-state index in [1.807, 2.05) is 24.3 Å². The highest BCUT2D eigenvalue weighted by molar-refractivity contribution is 8.26. The van der Waals surface area contributed by atoms with Crippen molar-refractivity contribution in [1.82, 2.24) is 9.80 Å². The number of carbonyl (C=O) groups is 3. The van der Waals surface area contributed by atoms with Crippen LogP contribution in [0.25, 0.3) is 17.2 Å². The molecule has 0 radical (unpaired) electrons. The van der Waals surface area contributed by atoms with Crippen molar-refractivity contribution in [2.45, 2.75) is 19.3 Å². The van der Waals surface area contributed by atoms with E-state index in [1.165, 1.54) is 53.8 Å². The summed E-state index contributed by atoms with van der Waals surface area (Å²) < 4.78 is 6.56. The van der Waals surface area contributed by atoms with Crippen LogP contribution in [0.15, 0.2) is 65.6 Å². The van der Waals surface area contributed by atoms with Crippen LogP contribution in [0.5, 0.6) is 5.75 Å². The smallest absolute Gasteiger partial charge is 0.335 e. The van der Waals surface area contributed by atoms with Crippen LogP contribution in [0.1, 0.15) is 35.2 Å². The minimum absolute atomic E-state index is 0.0120. The Hall–Kier alpha value is -3.41. The molecule has 5 rings (SSSR count). The van der Waals surface area contributed by atoms with Crippen molar-refractivity contribution >= 4 is 81.0 Å². The molecule has 3 aromatic rings. The lowest BCUT2D eigenvalue weighted by atomic mass is 10.0. The number of anilines is 1. The number of ether oxygens (including phenoxy) is 1. The maximum absolute atomic E-state index is 13.4. The Morgan fingerprint density at radius 3 is 2.39 bits per heavy atom. The van der Waals surface area contributed by atoms with Crippen LogP contribution in [0.3, 0.4) is 0 Å². The molecule has 2 aliphatic rings. The zero-order chi connectivity index (χ0) is 31.2. The van der Waals surface area contributed by atoms with E-state index in [0.29, 0.717) is 37.3 Å². The van der Waals surface area contributed by atoms with E-state index in [0.717, 1.165) is 36.3 Å². The molecule has 44 heavy (non-hydrogen) atoms. The summed E-state index contributed by atoms with van der Waals surface area (Å²) in [6.07, 6.45) is 4.19. The molecule has 0 saturated carbocycles. The zero-order valence-corrected chi connectivity index (χ0v) is 26.7. The molecule has 2 N–H and O–H groups in total. The van der Waals surface area contributed by atoms with Gasteiger partial charge in [0, 0.05) is 30.8 Å². The molecule has 8 nitrogen and oxygen atoms in total. The van der Waals surface area contributed by atoms with E-state index in [4.69, 9.17) is 45.3 Å². The number of hydrogen-bond donors (Lipinski definition) is 2. The van der Waals surface area contributed by atoms with E-state index < -0.39 is 5.97 Å². The number of benzene rings is 3. The van der Waals surface area contributed by atoms with Gasteiger partial charge in [0.2, 0.25) is 5.91 Å². The first kappa shape index (κ1) is 32.0. The number of nitrogens with zero attached hydrogens (tertiary/aromatic N) is 2. The molecular formula is C32H29Cl2N3O5S2. The second-order valence-electron chi connectivity index (χ2n) is 10.3. The molecule has 2 saturated heterocycles. The highest BCUT2D eigenvalue weighted by Crippen LogP contribution is 2.37. The fourth-order valence-corrected chi connectivity index (χ4v) is 6.50. The van der Waals surface area contributed by atoms with E-state index >= 15 is 0 Å². The van der Waals surface area contributed by atoms with Crippen molar-refractivity contribution in [2.75, 3.05) is 38.1 Å². The van der Waals surface area contributed by atoms with Crippen LogP contribution in [-0.2, 0) is 9.59 Å². The normalized spacial score (nSPS) is 16.1. The first-order valence-electron chi connectivity index (χ1n) is 14.0. The Kier molecular flexibility index (Phi) is 10.6. The summed E-state index contributed by atoms with van der Waals surface area (Å²) in [7, 11) is 0. The first-order valence-corrected chi connectivity index (χ1v) is 16.0. The molecule has 0 bridgehead atoms. The molecule has 0 aliphatic carbocycles. The fourth-order valence-electron chi connectivity index (χ4n) is 4.91. The van der Waals surface area contributed by atoms with Crippen LogP contribution >= 0.6 is 47.2 Å². The van der Waals surface area contributed by atoms with Crippen LogP contribution in [0, 0.1) is 0 Å². The van der Waals surface area contributed by atoms with Crippen LogP contribution in [0.2, 0.25) is 10.0 Å². The van der Waals surface area contributed by atoms with Gasteiger partial charge in [0.05, 0.1) is 20.5 Å². The molecule has 0 aromatic heterocycles. The van der Waals surface area contributed by atoms with Crippen molar-refractivity contribution in [3.63, 3.8) is 0 Å². The SMILES string of the molecule is O=C(CCN1C(=O)/C(=C/c2cc(-c3ccc(Cl)c(Cl)c3)ccc2OCCN2CCCC2)SC1=S)Nc1ccc(C(=O)O)cc1. The van der Waals surface area contributed by atoms with E-state index in [1.54, 1.807) is 18.2 Å². The average molecular weight is 671 g/mol. The Morgan fingerprint density at radius 2 is 1.68 bits per heavy atom. The van der Waals surface area contributed by atoms with Crippen LogP contribution < -0.4 is 10.1 Å². The Bertz CT molecular complexity index is 1620. The Morgan fingerprint density at radius 1 is 0.977 bits per heavy atom. The molecule has 228 valence electrons. The molecule has 0 unspecified atom stereocenters. The van der Waals surface area contributed by atoms with Gasteiger partial charge in [-0.2, -0.15) is 0 Å². The minimum atomic E-state index is -1.05. The molecule has 3 aromatic carbocycles. The number of rotatable bonds is 11. The zero-order valence-electron chi connectivity index (χ0n) is 23.6. The standard InChI is InChI=1S/C32H29Cl2N3O5S2/c33-25-9-5-22(18-26(25)34)21-6-10-27(42-16-15-36-12-1-2-13-36)23(17-21)19-28-30(39)37(32(43)44-28)14-11-29(38)35-24-7-3-20(4-8-24)31(40)41/h3-10,17-19H,1-2,11-16H2,(H,35,38)(H,40,41)/b28-19-. The van der Waals surface area contributed by atoms with Gasteiger partial charge >= 0.3 is 5.97 Å². The number of carboxylic acid groups (broad SMARTS) is 1. The van der Waals surface area contributed by atoms with Crippen LogP contribution in [0.4, 0.5) is 5.69 Å². The Balaban J connectivity index is 1.30. The highest BCUT2D eigenvalue weighted by Gasteiger charge is 2.32. The van der Waals surface area contributed by atoms with Gasteiger partial charge < -0.3 is 15.2 Å². The first-order chi connectivity index (χ1) is 21.2. The van der Waals surface area contributed by atoms with Gasteiger partial charge in [-0.3, -0.25) is 19.4 Å². The molecular weight excluding hydrogens is 641 g/mol. The highest BCUT2D eigenvalue weighted by atomic mass is 35.5. The van der Waals surface area contributed by atoms with Gasteiger partial charge in [-0.1, -0.05) is 59.3 Å². The predicted molar refractivity (Wildman–Crippen MR) is 180 cm³/mol. The summed E-state index contributed by atoms with van der Waals surface area (Å²) in [5.41, 5.74) is 3.05. The number of halogens is 2. The topological polar surface area (TPSA) is 99.2 Å². The fraction of sp³-hybridized carbons (Fsp3) is 0.250. The summed E-state index contributed by atoms with van der Waals surface area (Å²) in [6, 6.07) is 17.0. The summed E-state index contributed by atoms with van der Waals surface area (Å²) in [4.78, 5) is 41.2. The number of nitrogens with one attached hydrogen (secondary N) is 1. The van der Waals surface area contributed by atoms with E-state index in [9.17, 15) is 14.4 Å². The molecule has 12 heteroatoms. The van der Waals surface area contributed by atoms with Crippen molar-refractivity contribution in [2.24, 2.45) is 0 Å². The summed E-state index contributed by atoms with van der Waals surface area (Å²) in [5, 5.41) is 12.7. The summed E-state index contributed by atoms with van der Waals surface area (Å²) in [5.74, 6) is -1.02. The summed E-state index contributed by atoms with van der Waals surface area (Å²) in [6.45, 7) is 3.58. The third kappa shape index (κ3) is 7.99. The molecule has 2 heterocycles. The molecule has 2 aliphatic heterocycles. The van der Waals surface area contributed by atoms with Gasteiger partial charge in [0.15, 0.2) is 0 Å². The average Bonchev–Trinajstić information content (AvgIpc) is 3.61. The third-order valence-electron chi connectivity index (χ3n) is 7.26. The molecule has 2 fully saturated rings. The monoisotopic (exact) mass is 669 g/mol. The number of thiocarbonyl (C=S) groups is 1. The maximum Gasteiger partial charge on any atom is 0.335 e. The van der Waals surface area contributed by atoms with Crippen LogP contribution in [-0.4, -0.2) is 69.8 Å². The van der Waals surface area contributed by atoms with Crippen molar-refractivity contribution in [1.29, 1.82) is 0 Å². The van der Waals surface area contributed by atoms with Crippen molar-refractivity contribution in [3.05, 3.63) is 86.7 Å². The molecule has 0 spiro atoms. The number of hydrogen-bond acceptors (Lipinski definition) is 7. The van der Waals surface area contributed by atoms with E-state index in [-0.39, 0.29) is 30.3 Å². The van der Waals surface area contributed by atoms with Gasteiger partial charge in [-0.15, -0.1) is 0 Å². The van der Waals surface area contributed by atoms with Gasteiger partial charge in [-0.05, 0) is 91.7 Å². The largest absolute Gasteiger partial charge is 0.492 e. The quantitative estimate of drug-likeness (QED) is 0.165. The molecule has 0 atom stereocenters. The maximum atomic E-state index is 13.4. The third-order valence-corrected chi connectivity index (χ3v) is 9.38. The van der Waals surface area contributed by atoms with Crippen molar-refractivity contribution < 1.29 is 24.2 Å². The Labute approximate surface area is 275 Å². The number of carboxylic acids is 1. The van der Waals surface area contributed by atoms with Gasteiger partial charge in [0.25, 0.3) is 5.91 Å². The minimum Gasteiger partial charge on any atom is -0.492 e. The second-order valence-corrected chi connectivity index (χ2v) is 12.8. The number of amides is 2. The molecule has 2 amide bonds. The summed E-state index contributed by atoms with van der Waals surface area (Å²) >= 11 is 19.1. The van der Waals surface area contributed by atoms with Crippen molar-refractivity contribution in [3.8, 4) is 16.9 Å². The lowest BCUT2D eigenvalue weighted by molar-refractivity contribution is -0.122.